The van der Waals surface area contributed by atoms with Gasteiger partial charge in [-0.15, -0.1) is 0 Å². The van der Waals surface area contributed by atoms with Crippen molar-refractivity contribution in [1.82, 2.24) is 4.90 Å². The lowest BCUT2D eigenvalue weighted by molar-refractivity contribution is -0.122. The first-order chi connectivity index (χ1) is 11.5. The van der Waals surface area contributed by atoms with E-state index in [-0.39, 0.29) is 11.1 Å². The fraction of sp³-hybridized carbons (Fsp3) is 0.176. The predicted molar refractivity (Wildman–Crippen MR) is 97.1 cm³/mol. The summed E-state index contributed by atoms with van der Waals surface area (Å²) in [6.45, 7) is 2.34. The van der Waals surface area contributed by atoms with Gasteiger partial charge in [0.05, 0.1) is 15.0 Å². The molecule has 124 valence electrons. The van der Waals surface area contributed by atoms with Gasteiger partial charge < -0.3 is 4.42 Å². The minimum Gasteiger partial charge on any atom is -0.457 e. The maximum absolute atomic E-state index is 12.2. The summed E-state index contributed by atoms with van der Waals surface area (Å²) in [7, 11) is 0. The van der Waals surface area contributed by atoms with Crippen LogP contribution in [0.1, 0.15) is 19.1 Å². The van der Waals surface area contributed by atoms with Crippen LogP contribution in [0.25, 0.3) is 17.4 Å². The molecule has 0 radical (unpaired) electrons. The summed E-state index contributed by atoms with van der Waals surface area (Å²) < 4.78 is 5.73. The van der Waals surface area contributed by atoms with Crippen LogP contribution in [-0.4, -0.2) is 22.6 Å². The summed E-state index contributed by atoms with van der Waals surface area (Å²) >= 11 is 12.8. The number of imide groups is 1. The van der Waals surface area contributed by atoms with E-state index in [0.29, 0.717) is 33.0 Å². The van der Waals surface area contributed by atoms with Crippen molar-refractivity contribution in [3.63, 3.8) is 0 Å². The highest BCUT2D eigenvalue weighted by molar-refractivity contribution is 8.18. The van der Waals surface area contributed by atoms with Gasteiger partial charge in [0.15, 0.2) is 0 Å². The highest BCUT2D eigenvalue weighted by Gasteiger charge is 2.34. The molecule has 0 atom stereocenters. The number of rotatable bonds is 4. The highest BCUT2D eigenvalue weighted by atomic mass is 35.5. The molecular weight excluding hydrogens is 369 g/mol. The lowest BCUT2D eigenvalue weighted by Gasteiger charge is -2.09. The summed E-state index contributed by atoms with van der Waals surface area (Å²) in [4.78, 5) is 25.7. The molecule has 3 rings (SSSR count). The zero-order chi connectivity index (χ0) is 17.3. The van der Waals surface area contributed by atoms with Gasteiger partial charge in [0.2, 0.25) is 0 Å². The number of hydrogen-bond donors (Lipinski definition) is 0. The summed E-state index contributed by atoms with van der Waals surface area (Å²) in [5.41, 5.74) is 0.781. The Hall–Kier alpha value is -1.69. The smallest absolute Gasteiger partial charge is 0.293 e. The fourth-order valence-corrected chi connectivity index (χ4v) is 3.42. The summed E-state index contributed by atoms with van der Waals surface area (Å²) in [6, 6.07) is 8.72. The van der Waals surface area contributed by atoms with Crippen molar-refractivity contribution < 1.29 is 14.0 Å². The van der Waals surface area contributed by atoms with Gasteiger partial charge in [0.1, 0.15) is 11.5 Å². The first-order valence-electron chi connectivity index (χ1n) is 7.30. The number of carbonyl (C=O) groups is 2. The van der Waals surface area contributed by atoms with Crippen molar-refractivity contribution in [3.8, 4) is 11.3 Å². The van der Waals surface area contributed by atoms with E-state index in [1.54, 1.807) is 36.4 Å². The summed E-state index contributed by atoms with van der Waals surface area (Å²) in [5, 5.41) is 0.661. The summed E-state index contributed by atoms with van der Waals surface area (Å²) in [5.74, 6) is 0.824. The first-order valence-corrected chi connectivity index (χ1v) is 8.87. The molecule has 1 saturated heterocycles. The van der Waals surface area contributed by atoms with Crippen LogP contribution in [-0.2, 0) is 4.79 Å². The van der Waals surface area contributed by atoms with Gasteiger partial charge >= 0.3 is 0 Å². The van der Waals surface area contributed by atoms with Crippen molar-refractivity contribution in [3.05, 3.63) is 51.0 Å². The Kier molecular flexibility index (Phi) is 5.04. The minimum atomic E-state index is -0.278. The third-order valence-corrected chi connectivity index (χ3v) is 5.07. The highest BCUT2D eigenvalue weighted by Crippen LogP contribution is 2.34. The van der Waals surface area contributed by atoms with E-state index in [2.05, 4.69) is 0 Å². The molecular formula is C17H13Cl2NO3S. The van der Waals surface area contributed by atoms with Gasteiger partial charge in [-0.25, -0.2) is 0 Å². The molecule has 2 heterocycles. The molecule has 24 heavy (non-hydrogen) atoms. The lowest BCUT2D eigenvalue weighted by Crippen LogP contribution is -2.28. The Bertz CT molecular complexity index is 844. The number of hydrogen-bond acceptors (Lipinski definition) is 4. The van der Waals surface area contributed by atoms with Crippen LogP contribution in [0.2, 0.25) is 10.0 Å². The monoisotopic (exact) mass is 381 g/mol. The average molecular weight is 382 g/mol. The first kappa shape index (κ1) is 17.1. The number of halogens is 2. The Morgan fingerprint density at radius 3 is 2.67 bits per heavy atom. The number of nitrogens with zero attached hydrogens (tertiary/aromatic N) is 1. The standard InChI is InChI=1S/C17H13Cl2NO3S/c1-2-7-20-16(21)15(24-17(20)22)9-11-4-6-14(23-11)10-3-5-12(18)13(19)8-10/h3-6,8-9H,2,7H2,1H3. The molecule has 0 spiro atoms. The van der Waals surface area contributed by atoms with E-state index in [0.717, 1.165) is 23.7 Å². The number of amides is 2. The normalized spacial score (nSPS) is 16.5. The second-order valence-corrected chi connectivity index (χ2v) is 6.97. The Labute approximate surface area is 153 Å². The van der Waals surface area contributed by atoms with Crippen LogP contribution in [0.3, 0.4) is 0 Å². The van der Waals surface area contributed by atoms with Crippen molar-refractivity contribution in [2.45, 2.75) is 13.3 Å². The average Bonchev–Trinajstić information content (AvgIpc) is 3.11. The van der Waals surface area contributed by atoms with Gasteiger partial charge in [0, 0.05) is 18.2 Å². The fourth-order valence-electron chi connectivity index (χ4n) is 2.28. The van der Waals surface area contributed by atoms with E-state index in [1.165, 1.54) is 4.90 Å². The number of thioether (sulfide) groups is 1. The molecule has 0 bridgehead atoms. The van der Waals surface area contributed by atoms with Crippen LogP contribution in [0, 0.1) is 0 Å². The molecule has 1 aliphatic heterocycles. The maximum Gasteiger partial charge on any atom is 0.293 e. The molecule has 2 aromatic rings. The lowest BCUT2D eigenvalue weighted by atomic mass is 10.2. The van der Waals surface area contributed by atoms with Crippen LogP contribution in [0.5, 0.6) is 0 Å². The summed E-state index contributed by atoms with van der Waals surface area (Å²) in [6.07, 6.45) is 2.31. The largest absolute Gasteiger partial charge is 0.457 e. The molecule has 1 fully saturated rings. The van der Waals surface area contributed by atoms with Gasteiger partial charge in [-0.3, -0.25) is 14.5 Å². The molecule has 4 nitrogen and oxygen atoms in total. The quantitative estimate of drug-likeness (QED) is 0.637. The van der Waals surface area contributed by atoms with E-state index >= 15 is 0 Å². The van der Waals surface area contributed by atoms with Gasteiger partial charge in [-0.2, -0.15) is 0 Å². The van der Waals surface area contributed by atoms with Crippen LogP contribution in [0.4, 0.5) is 4.79 Å². The SMILES string of the molecule is CCCN1C(=O)SC(=Cc2ccc(-c3ccc(Cl)c(Cl)c3)o2)C1=O. The minimum absolute atomic E-state index is 0.246. The number of furan rings is 1. The van der Waals surface area contributed by atoms with Crippen LogP contribution < -0.4 is 0 Å². The van der Waals surface area contributed by atoms with E-state index in [1.807, 2.05) is 6.92 Å². The molecule has 1 aromatic heterocycles. The molecule has 2 amide bonds. The van der Waals surface area contributed by atoms with Crippen molar-refractivity contribution in [2.24, 2.45) is 0 Å². The Balaban J connectivity index is 1.85. The number of carbonyl (C=O) groups excluding carboxylic acids is 2. The van der Waals surface area contributed by atoms with Gasteiger partial charge in [-0.1, -0.05) is 30.1 Å². The molecule has 0 N–H and O–H groups in total. The van der Waals surface area contributed by atoms with Crippen LogP contribution in [0.15, 0.2) is 39.7 Å². The Morgan fingerprint density at radius 2 is 1.96 bits per heavy atom. The van der Waals surface area contributed by atoms with Gasteiger partial charge in [0.25, 0.3) is 11.1 Å². The molecule has 7 heteroatoms. The van der Waals surface area contributed by atoms with Crippen molar-refractivity contribution >= 4 is 52.2 Å². The zero-order valence-electron chi connectivity index (χ0n) is 12.7. The van der Waals surface area contributed by atoms with Gasteiger partial charge in [-0.05, 0) is 48.5 Å². The molecule has 0 unspecified atom stereocenters. The predicted octanol–water partition coefficient (Wildman–Crippen LogP) is 5.70. The topological polar surface area (TPSA) is 50.5 Å². The van der Waals surface area contributed by atoms with Crippen molar-refractivity contribution in [2.75, 3.05) is 6.54 Å². The number of benzene rings is 1. The second kappa shape index (κ2) is 7.05. The van der Waals surface area contributed by atoms with Crippen molar-refractivity contribution in [1.29, 1.82) is 0 Å². The Morgan fingerprint density at radius 1 is 1.17 bits per heavy atom. The van der Waals surface area contributed by atoms with Crippen LogP contribution >= 0.6 is 35.0 Å². The van der Waals surface area contributed by atoms with E-state index < -0.39 is 0 Å². The maximum atomic E-state index is 12.2. The second-order valence-electron chi connectivity index (χ2n) is 5.16. The zero-order valence-corrected chi connectivity index (χ0v) is 15.0. The molecule has 0 saturated carbocycles. The molecule has 1 aromatic carbocycles. The van der Waals surface area contributed by atoms with E-state index in [4.69, 9.17) is 27.6 Å². The third kappa shape index (κ3) is 3.38. The molecule has 1 aliphatic rings. The van der Waals surface area contributed by atoms with E-state index in [9.17, 15) is 9.59 Å². The third-order valence-electron chi connectivity index (χ3n) is 3.43. The molecule has 0 aliphatic carbocycles.